The number of piperidine rings is 1. The number of hydrogen-bond donors (Lipinski definition) is 1. The van der Waals surface area contributed by atoms with Gasteiger partial charge in [-0.25, -0.2) is 4.98 Å². The zero-order valence-electron chi connectivity index (χ0n) is 15.6. The molecule has 0 unspecified atom stereocenters. The van der Waals surface area contributed by atoms with Crippen molar-refractivity contribution in [3.8, 4) is 0 Å². The highest BCUT2D eigenvalue weighted by Gasteiger charge is 2.31. The summed E-state index contributed by atoms with van der Waals surface area (Å²) in [7, 11) is 0. The van der Waals surface area contributed by atoms with Gasteiger partial charge >= 0.3 is 0 Å². The second-order valence-corrected chi connectivity index (χ2v) is 8.98. The largest absolute Gasteiger partial charge is 0.381 e. The third-order valence-electron chi connectivity index (χ3n) is 5.08. The minimum absolute atomic E-state index is 0.0430. The van der Waals surface area contributed by atoms with Crippen LogP contribution in [-0.4, -0.2) is 52.5 Å². The molecule has 25 heavy (non-hydrogen) atoms. The minimum Gasteiger partial charge on any atom is -0.381 e. The van der Waals surface area contributed by atoms with Crippen LogP contribution in [0.4, 0.5) is 5.13 Å². The molecule has 2 saturated heterocycles. The first kappa shape index (κ1) is 18.7. The van der Waals surface area contributed by atoms with Crippen LogP contribution in [0, 0.1) is 5.92 Å². The number of anilines is 1. The fourth-order valence-corrected chi connectivity index (χ4v) is 4.30. The van der Waals surface area contributed by atoms with Crippen molar-refractivity contribution < 1.29 is 9.53 Å². The number of carbonyl (C=O) groups excluding carboxylic acids is 1. The lowest BCUT2D eigenvalue weighted by molar-refractivity contribution is -0.122. The molecule has 1 aromatic rings. The molecule has 0 radical (unpaired) electrons. The molecule has 0 aromatic carbocycles. The molecule has 3 rings (SSSR count). The third-order valence-corrected chi connectivity index (χ3v) is 5.71. The predicted octanol–water partition coefficient (Wildman–Crippen LogP) is 3.06. The van der Waals surface area contributed by atoms with E-state index in [9.17, 15) is 4.79 Å². The van der Waals surface area contributed by atoms with Crippen LogP contribution in [0.25, 0.3) is 0 Å². The molecule has 1 amide bonds. The van der Waals surface area contributed by atoms with Crippen molar-refractivity contribution in [2.45, 2.75) is 64.3 Å². The van der Waals surface area contributed by atoms with Gasteiger partial charge in [0.1, 0.15) is 5.82 Å². The summed E-state index contributed by atoms with van der Waals surface area (Å²) in [4.78, 5) is 19.7. The van der Waals surface area contributed by atoms with E-state index in [-0.39, 0.29) is 17.4 Å². The van der Waals surface area contributed by atoms with E-state index < -0.39 is 0 Å². The van der Waals surface area contributed by atoms with Crippen molar-refractivity contribution in [2.24, 2.45) is 5.92 Å². The zero-order valence-corrected chi connectivity index (χ0v) is 16.4. The summed E-state index contributed by atoms with van der Waals surface area (Å²) >= 11 is 1.28. The van der Waals surface area contributed by atoms with Gasteiger partial charge in [-0.15, -0.1) is 0 Å². The number of hydrogen-bond acceptors (Lipinski definition) is 6. The quantitative estimate of drug-likeness (QED) is 0.887. The molecule has 6 nitrogen and oxygen atoms in total. The number of ether oxygens (including phenoxy) is 1. The van der Waals surface area contributed by atoms with E-state index in [4.69, 9.17) is 4.74 Å². The number of likely N-dealkylation sites (tertiary alicyclic amines) is 1. The number of carbonyl (C=O) groups is 1. The number of nitrogens with one attached hydrogen (secondary N) is 1. The summed E-state index contributed by atoms with van der Waals surface area (Å²) in [6.45, 7) is 9.97. The molecule has 0 spiro atoms. The zero-order chi connectivity index (χ0) is 17.9. The summed E-state index contributed by atoms with van der Waals surface area (Å²) in [6, 6.07) is -0.0430. The van der Waals surface area contributed by atoms with Crippen molar-refractivity contribution in [2.75, 3.05) is 31.6 Å². The lowest BCUT2D eigenvalue weighted by atomic mass is 9.95. The molecule has 0 aliphatic carbocycles. The lowest BCUT2D eigenvalue weighted by Gasteiger charge is -2.37. The van der Waals surface area contributed by atoms with Gasteiger partial charge in [0.15, 0.2) is 0 Å². The minimum atomic E-state index is -0.0978. The number of nitrogens with zero attached hydrogens (tertiary/aromatic N) is 3. The third kappa shape index (κ3) is 4.99. The Balaban J connectivity index is 1.61. The second kappa shape index (κ2) is 8.10. The highest BCUT2D eigenvalue weighted by Crippen LogP contribution is 2.26. The van der Waals surface area contributed by atoms with Gasteiger partial charge in [-0.3, -0.25) is 15.0 Å². The maximum absolute atomic E-state index is 12.8. The van der Waals surface area contributed by atoms with Gasteiger partial charge in [0, 0.05) is 36.7 Å². The molecule has 7 heteroatoms. The highest BCUT2D eigenvalue weighted by molar-refractivity contribution is 7.09. The first-order valence-corrected chi connectivity index (χ1v) is 10.2. The molecular weight excluding hydrogens is 336 g/mol. The summed E-state index contributed by atoms with van der Waals surface area (Å²) in [5.41, 5.74) is -0.0978. The smallest absolute Gasteiger partial charge is 0.243 e. The fourth-order valence-electron chi connectivity index (χ4n) is 3.53. The number of aromatic nitrogens is 2. The van der Waals surface area contributed by atoms with Gasteiger partial charge in [0.05, 0.1) is 6.04 Å². The van der Waals surface area contributed by atoms with E-state index in [1.807, 2.05) is 0 Å². The molecule has 1 aromatic heterocycles. The fraction of sp³-hybridized carbons (Fsp3) is 0.833. The molecule has 1 N–H and O–H groups in total. The Labute approximate surface area is 154 Å². The van der Waals surface area contributed by atoms with Crippen LogP contribution in [-0.2, 0) is 14.9 Å². The lowest BCUT2D eigenvalue weighted by Crippen LogP contribution is -2.49. The van der Waals surface area contributed by atoms with Crippen LogP contribution in [0.1, 0.15) is 58.7 Å². The maximum atomic E-state index is 12.8. The first-order chi connectivity index (χ1) is 11.9. The van der Waals surface area contributed by atoms with Crippen molar-refractivity contribution >= 4 is 22.6 Å². The van der Waals surface area contributed by atoms with Gasteiger partial charge in [-0.1, -0.05) is 27.2 Å². The van der Waals surface area contributed by atoms with Crippen LogP contribution in [0.5, 0.6) is 0 Å². The second-order valence-electron chi connectivity index (χ2n) is 8.22. The van der Waals surface area contributed by atoms with Gasteiger partial charge in [0.2, 0.25) is 11.0 Å². The Hall–Kier alpha value is -1.05. The van der Waals surface area contributed by atoms with E-state index in [0.29, 0.717) is 11.0 Å². The average molecular weight is 367 g/mol. The molecule has 2 aliphatic heterocycles. The molecule has 0 saturated carbocycles. The molecule has 1 atom stereocenters. The Morgan fingerprint density at radius 3 is 2.72 bits per heavy atom. The van der Waals surface area contributed by atoms with Gasteiger partial charge in [-0.2, -0.15) is 4.37 Å². The number of rotatable bonds is 4. The van der Waals surface area contributed by atoms with E-state index >= 15 is 0 Å². The maximum Gasteiger partial charge on any atom is 0.243 e. The SMILES string of the molecule is CC(C)(C)c1nsc(NC(=O)[C@@H]2CCCCN2CC2CCOCC2)n1. The van der Waals surface area contributed by atoms with Crippen LogP contribution in [0.3, 0.4) is 0 Å². The molecule has 0 bridgehead atoms. The van der Waals surface area contributed by atoms with E-state index in [1.54, 1.807) is 0 Å². The standard InChI is InChI=1S/C18H30N4O2S/c1-18(2,3)16-20-17(25-21-16)19-15(23)14-6-4-5-9-22(14)12-13-7-10-24-11-8-13/h13-14H,4-12H2,1-3H3,(H,19,20,21,23)/t14-/m0/s1. The van der Waals surface area contributed by atoms with E-state index in [1.165, 1.54) is 18.0 Å². The highest BCUT2D eigenvalue weighted by atomic mass is 32.1. The Morgan fingerprint density at radius 2 is 2.04 bits per heavy atom. The van der Waals surface area contributed by atoms with Crippen LogP contribution in [0.15, 0.2) is 0 Å². The van der Waals surface area contributed by atoms with Crippen molar-refractivity contribution in [1.29, 1.82) is 0 Å². The van der Waals surface area contributed by atoms with Crippen LogP contribution < -0.4 is 5.32 Å². The van der Waals surface area contributed by atoms with Gasteiger partial charge < -0.3 is 4.74 Å². The monoisotopic (exact) mass is 366 g/mol. The molecule has 2 fully saturated rings. The summed E-state index contributed by atoms with van der Waals surface area (Å²) in [6.07, 6.45) is 5.44. The molecule has 2 aliphatic rings. The Kier molecular flexibility index (Phi) is 6.07. The van der Waals surface area contributed by atoms with Gasteiger partial charge in [-0.05, 0) is 38.1 Å². The summed E-state index contributed by atoms with van der Waals surface area (Å²) < 4.78 is 9.85. The van der Waals surface area contributed by atoms with E-state index in [2.05, 4.69) is 40.3 Å². The van der Waals surface area contributed by atoms with Crippen molar-refractivity contribution in [1.82, 2.24) is 14.3 Å². The van der Waals surface area contributed by atoms with E-state index in [0.717, 1.165) is 57.8 Å². The topological polar surface area (TPSA) is 67.4 Å². The first-order valence-electron chi connectivity index (χ1n) is 9.40. The van der Waals surface area contributed by atoms with Crippen molar-refractivity contribution in [3.05, 3.63) is 5.82 Å². The molecule has 140 valence electrons. The summed E-state index contributed by atoms with van der Waals surface area (Å²) in [5, 5.41) is 3.63. The Morgan fingerprint density at radius 1 is 1.28 bits per heavy atom. The molecular formula is C18H30N4O2S. The summed E-state index contributed by atoms with van der Waals surface area (Å²) in [5.74, 6) is 1.51. The van der Waals surface area contributed by atoms with Gasteiger partial charge in [0.25, 0.3) is 0 Å². The Bertz CT molecular complexity index is 578. The van der Waals surface area contributed by atoms with Crippen molar-refractivity contribution in [3.63, 3.8) is 0 Å². The predicted molar refractivity (Wildman–Crippen MR) is 100.0 cm³/mol. The molecule has 3 heterocycles. The normalized spacial score (nSPS) is 23.6. The number of amides is 1. The average Bonchev–Trinajstić information content (AvgIpc) is 3.05. The van der Waals surface area contributed by atoms with Crippen LogP contribution >= 0.6 is 11.5 Å². The van der Waals surface area contributed by atoms with Crippen LogP contribution in [0.2, 0.25) is 0 Å².